The normalized spacial score (nSPS) is 25.0. The molecule has 2 heterocycles. The lowest BCUT2D eigenvalue weighted by molar-refractivity contribution is -0.147. The molecule has 3 fully saturated rings. The van der Waals surface area contributed by atoms with E-state index in [0.29, 0.717) is 51.9 Å². The van der Waals surface area contributed by atoms with Gasteiger partial charge in [0.05, 0.1) is 25.2 Å². The minimum absolute atomic E-state index is 0.0134. The van der Waals surface area contributed by atoms with Crippen molar-refractivity contribution in [2.45, 2.75) is 155 Å². The summed E-state index contributed by atoms with van der Waals surface area (Å²) in [6.45, 7) is 10.8. The largest absolute Gasteiger partial charge is 0.445 e. The first-order valence-electron chi connectivity index (χ1n) is 26.4. The first-order valence-corrected chi connectivity index (χ1v) is 26.4. The monoisotopic (exact) mass is 1000 g/mol. The standard InChI is InChI=1S/C54H82N8O10/c1-7-8-9-19-26-46-39(5)52(67)60(6)45(31-37(2)3)50(65)59-47(42-24-17-12-18-25-42)51(66)57-43(32-55-53(68)71-35-40-20-13-10-14-21-40)48(63)58-44(49(64)56-38(4)34-70-46)33-61-27-29-62(30-28-61)54(69)72-36-41-22-15-11-16-23-41/h10-11,13-16,20-23,37-39,42-47H,7-9,12,17-19,24-36H2,1-6H3,(H,55,68)(H,56,64)(H,57,66)(H,58,63)(H,59,65)/t38-,39-,43+,44?,45+,46-,47+/m1/s1. The Kier molecular flexibility index (Phi) is 23.6. The van der Waals surface area contributed by atoms with Crippen molar-refractivity contribution in [2.75, 3.05) is 52.9 Å². The minimum Gasteiger partial charge on any atom is -0.445 e. The summed E-state index contributed by atoms with van der Waals surface area (Å²) in [6, 6.07) is 13.3. The lowest BCUT2D eigenvalue weighted by atomic mass is 9.83. The Morgan fingerprint density at radius 3 is 1.97 bits per heavy atom. The molecule has 7 atom stereocenters. The average molecular weight is 1000 g/mol. The Morgan fingerprint density at radius 2 is 1.35 bits per heavy atom. The number of amides is 7. The van der Waals surface area contributed by atoms with Crippen LogP contribution in [-0.2, 0) is 51.4 Å². The van der Waals surface area contributed by atoms with E-state index in [4.69, 9.17) is 14.2 Å². The van der Waals surface area contributed by atoms with Crippen LogP contribution in [-0.4, -0.2) is 146 Å². The summed E-state index contributed by atoms with van der Waals surface area (Å²) in [4.78, 5) is 104. The fraction of sp³-hybridized carbons (Fsp3) is 0.648. The Morgan fingerprint density at radius 1 is 0.736 bits per heavy atom. The molecule has 2 aromatic rings. The zero-order chi connectivity index (χ0) is 52.0. The summed E-state index contributed by atoms with van der Waals surface area (Å²) in [7, 11) is 1.63. The molecule has 2 saturated heterocycles. The van der Waals surface area contributed by atoms with Gasteiger partial charge in [-0.1, -0.05) is 133 Å². The van der Waals surface area contributed by atoms with Crippen LogP contribution in [0.5, 0.6) is 0 Å². The zero-order valence-corrected chi connectivity index (χ0v) is 43.5. The van der Waals surface area contributed by atoms with Gasteiger partial charge < -0.3 is 50.6 Å². The number of ether oxygens (including phenoxy) is 3. The summed E-state index contributed by atoms with van der Waals surface area (Å²) >= 11 is 0. The van der Waals surface area contributed by atoms with E-state index in [2.05, 4.69) is 33.5 Å². The van der Waals surface area contributed by atoms with Crippen molar-refractivity contribution in [1.29, 1.82) is 0 Å². The zero-order valence-electron chi connectivity index (χ0n) is 43.5. The van der Waals surface area contributed by atoms with Gasteiger partial charge in [0.15, 0.2) is 0 Å². The van der Waals surface area contributed by atoms with Crippen LogP contribution >= 0.6 is 0 Å². The van der Waals surface area contributed by atoms with Crippen LogP contribution in [0.2, 0.25) is 0 Å². The second kappa shape index (κ2) is 29.7. The number of hydrogen-bond donors (Lipinski definition) is 5. The molecule has 0 bridgehead atoms. The number of unbranched alkanes of at least 4 members (excludes halogenated alkanes) is 3. The maximum absolute atomic E-state index is 14.8. The molecule has 7 amide bonds. The van der Waals surface area contributed by atoms with E-state index in [0.717, 1.165) is 56.1 Å². The van der Waals surface area contributed by atoms with E-state index >= 15 is 0 Å². The highest BCUT2D eigenvalue weighted by molar-refractivity contribution is 5.96. The first-order chi connectivity index (χ1) is 34.6. The second-order valence-electron chi connectivity index (χ2n) is 20.3. The number of carbonyl (C=O) groups is 7. The number of nitrogens with one attached hydrogen (secondary N) is 5. The van der Waals surface area contributed by atoms with Gasteiger partial charge in [-0.05, 0) is 55.6 Å². The van der Waals surface area contributed by atoms with Gasteiger partial charge in [-0.3, -0.25) is 28.9 Å². The molecule has 2 aromatic carbocycles. The maximum atomic E-state index is 14.8. The molecule has 0 aromatic heterocycles. The van der Waals surface area contributed by atoms with Gasteiger partial charge >= 0.3 is 12.2 Å². The maximum Gasteiger partial charge on any atom is 0.410 e. The average Bonchev–Trinajstić information content (AvgIpc) is 3.38. The number of nitrogens with zero attached hydrogens (tertiary/aromatic N) is 3. The third kappa shape index (κ3) is 18.4. The molecule has 0 radical (unpaired) electrons. The van der Waals surface area contributed by atoms with Gasteiger partial charge in [0.2, 0.25) is 29.5 Å². The van der Waals surface area contributed by atoms with Gasteiger partial charge in [-0.25, -0.2) is 9.59 Å². The van der Waals surface area contributed by atoms with Crippen LogP contribution in [0.25, 0.3) is 0 Å². The Bertz CT molecular complexity index is 2030. The van der Waals surface area contributed by atoms with Gasteiger partial charge in [0, 0.05) is 45.8 Å². The molecule has 1 unspecified atom stereocenters. The minimum atomic E-state index is -1.43. The van der Waals surface area contributed by atoms with Gasteiger partial charge in [0.25, 0.3) is 0 Å². The summed E-state index contributed by atoms with van der Waals surface area (Å²) in [6.07, 6.45) is 6.90. The predicted octanol–water partition coefficient (Wildman–Crippen LogP) is 5.29. The summed E-state index contributed by atoms with van der Waals surface area (Å²) in [5, 5.41) is 14.4. The number of piperazine rings is 1. The van der Waals surface area contributed by atoms with Crippen LogP contribution in [0.15, 0.2) is 60.7 Å². The van der Waals surface area contributed by atoms with Crippen LogP contribution in [0.1, 0.15) is 116 Å². The van der Waals surface area contributed by atoms with E-state index < -0.39 is 84.6 Å². The van der Waals surface area contributed by atoms with Crippen molar-refractivity contribution in [3.63, 3.8) is 0 Å². The molecule has 1 aliphatic carbocycles. The topological polar surface area (TPSA) is 217 Å². The van der Waals surface area contributed by atoms with E-state index in [1.165, 1.54) is 4.90 Å². The van der Waals surface area contributed by atoms with Crippen molar-refractivity contribution in [3.8, 4) is 0 Å². The highest BCUT2D eigenvalue weighted by Crippen LogP contribution is 2.28. The summed E-state index contributed by atoms with van der Waals surface area (Å²) < 4.78 is 17.6. The fourth-order valence-corrected chi connectivity index (χ4v) is 9.62. The predicted molar refractivity (Wildman–Crippen MR) is 273 cm³/mol. The van der Waals surface area contributed by atoms with Gasteiger partial charge in [0.1, 0.15) is 37.4 Å². The van der Waals surface area contributed by atoms with E-state index in [9.17, 15) is 33.6 Å². The lowest BCUT2D eigenvalue weighted by Crippen LogP contribution is -2.63. The molecule has 18 nitrogen and oxygen atoms in total. The van der Waals surface area contributed by atoms with E-state index in [1.807, 2.05) is 74.2 Å². The van der Waals surface area contributed by atoms with Crippen LogP contribution in [0.4, 0.5) is 9.59 Å². The van der Waals surface area contributed by atoms with Crippen molar-refractivity contribution < 1.29 is 47.8 Å². The molecule has 72 heavy (non-hydrogen) atoms. The smallest absolute Gasteiger partial charge is 0.410 e. The summed E-state index contributed by atoms with van der Waals surface area (Å²) in [5.74, 6) is -3.57. The number of alkyl carbamates (subject to hydrolysis) is 1. The number of likely N-dealkylation sites (N-methyl/N-ethyl adjacent to an activating group) is 1. The van der Waals surface area contributed by atoms with Gasteiger partial charge in [-0.15, -0.1) is 0 Å². The van der Waals surface area contributed by atoms with Crippen LogP contribution in [0, 0.1) is 17.8 Å². The third-order valence-electron chi connectivity index (χ3n) is 14.0. The third-order valence-corrected chi connectivity index (χ3v) is 14.0. The molecular formula is C54H82N8O10. The van der Waals surface area contributed by atoms with Crippen molar-refractivity contribution in [2.24, 2.45) is 17.8 Å². The molecule has 5 N–H and O–H groups in total. The van der Waals surface area contributed by atoms with Crippen molar-refractivity contribution in [3.05, 3.63) is 71.8 Å². The van der Waals surface area contributed by atoms with Crippen molar-refractivity contribution >= 4 is 41.7 Å². The van der Waals surface area contributed by atoms with E-state index in [-0.39, 0.29) is 44.1 Å². The number of benzene rings is 2. The number of rotatable bonds is 16. The van der Waals surface area contributed by atoms with Crippen LogP contribution in [0.3, 0.4) is 0 Å². The Labute approximate surface area is 426 Å². The lowest BCUT2D eigenvalue weighted by Gasteiger charge is -2.36. The fourth-order valence-electron chi connectivity index (χ4n) is 9.62. The number of hydrogen-bond acceptors (Lipinski definition) is 11. The molecule has 398 valence electrons. The molecule has 2 aliphatic heterocycles. The molecule has 3 aliphatic rings. The van der Waals surface area contributed by atoms with Crippen molar-refractivity contribution in [1.82, 2.24) is 41.3 Å². The highest BCUT2D eigenvalue weighted by Gasteiger charge is 2.40. The summed E-state index contributed by atoms with van der Waals surface area (Å²) in [5.41, 5.74) is 1.61. The molecule has 5 rings (SSSR count). The number of carbonyl (C=O) groups excluding carboxylic acids is 7. The van der Waals surface area contributed by atoms with E-state index in [1.54, 1.807) is 31.0 Å². The SMILES string of the molecule is CCCCCC[C@H]1OC[C@@H](C)NC(=O)C(CN2CCN(C(=O)OCc3ccccc3)CC2)NC(=O)[C@H](CNC(=O)OCc2ccccc2)NC(=O)[C@H](C2CCCCC2)NC(=O)[C@H](CC(C)C)N(C)C(=O)[C@@H]1C. The molecular weight excluding hydrogens is 921 g/mol. The Hall–Kier alpha value is -5.75. The second-order valence-corrected chi connectivity index (χ2v) is 20.3. The molecule has 18 heteroatoms. The first kappa shape index (κ1) is 57.2. The molecule has 0 spiro atoms. The van der Waals surface area contributed by atoms with Gasteiger partial charge in [-0.2, -0.15) is 0 Å². The Balaban J connectivity index is 1.44. The van der Waals surface area contributed by atoms with Crippen LogP contribution < -0.4 is 26.6 Å². The molecule has 1 saturated carbocycles. The quantitative estimate of drug-likeness (QED) is 0.136. The highest BCUT2D eigenvalue weighted by atomic mass is 16.6.